The molecule has 1 fully saturated rings. The van der Waals surface area contributed by atoms with Crippen molar-refractivity contribution in [1.29, 1.82) is 0 Å². The summed E-state index contributed by atoms with van der Waals surface area (Å²) in [6.45, 7) is 0. The second-order valence-corrected chi connectivity index (χ2v) is 4.55. The zero-order valence-corrected chi connectivity index (χ0v) is 9.64. The minimum Gasteiger partial charge on any atom is -0.383 e. The van der Waals surface area contributed by atoms with E-state index in [1.165, 1.54) is 22.8 Å². The molecule has 2 rings (SSSR count). The fourth-order valence-electron chi connectivity index (χ4n) is 1.10. The van der Waals surface area contributed by atoms with Crippen LogP contribution in [0.2, 0.25) is 0 Å². The number of thioether (sulfide) groups is 1. The normalized spacial score (nSPS) is 15.6. The summed E-state index contributed by atoms with van der Waals surface area (Å²) in [6.07, 6.45) is 0. The summed E-state index contributed by atoms with van der Waals surface area (Å²) in [5, 5.41) is 1.20. The number of anilines is 3. The number of amides is 1. The first-order chi connectivity index (χ1) is 7.56. The smallest absolute Gasteiger partial charge is 0.257 e. The Morgan fingerprint density at radius 2 is 2.06 bits per heavy atom. The van der Waals surface area contributed by atoms with Gasteiger partial charge in [-0.25, -0.2) is 5.01 Å². The van der Waals surface area contributed by atoms with Gasteiger partial charge in [-0.3, -0.25) is 10.2 Å². The van der Waals surface area contributed by atoms with Crippen LogP contribution in [0.3, 0.4) is 0 Å². The Hall–Kier alpha value is -1.61. The number of thiocarbonyl (C=S) groups is 1. The van der Waals surface area contributed by atoms with Gasteiger partial charge >= 0.3 is 0 Å². The topological polar surface area (TPSA) is 110 Å². The molecule has 84 valence electrons. The Labute approximate surface area is 101 Å². The van der Waals surface area contributed by atoms with Crippen molar-refractivity contribution in [2.75, 3.05) is 22.6 Å². The summed E-state index contributed by atoms with van der Waals surface area (Å²) in [5.74, 6) is 0.750. The molecule has 0 atom stereocenters. The molecular weight excluding hydrogens is 248 g/mol. The number of nitrogens with zero attached hydrogens (tertiary/aromatic N) is 3. The standard InChI is InChI=1S/C7H8N6OS2/c8-3-1-4(9)11-6(10-3)12-13-5(14)2-16-7(13)15/h1H,2H2,(H5,8,9,10,11,12). The maximum Gasteiger partial charge on any atom is 0.257 e. The van der Waals surface area contributed by atoms with Crippen molar-refractivity contribution in [2.45, 2.75) is 0 Å². The zero-order chi connectivity index (χ0) is 11.7. The molecule has 1 amide bonds. The molecule has 1 aliphatic rings. The monoisotopic (exact) mass is 256 g/mol. The molecule has 1 aromatic rings. The van der Waals surface area contributed by atoms with Gasteiger partial charge in [-0.1, -0.05) is 24.0 Å². The van der Waals surface area contributed by atoms with E-state index in [-0.39, 0.29) is 23.5 Å². The molecule has 16 heavy (non-hydrogen) atoms. The van der Waals surface area contributed by atoms with Crippen molar-refractivity contribution < 1.29 is 4.79 Å². The van der Waals surface area contributed by atoms with Gasteiger partial charge in [0, 0.05) is 6.07 Å². The number of hydrazine groups is 1. The van der Waals surface area contributed by atoms with Gasteiger partial charge in [-0.05, 0) is 0 Å². The highest BCUT2D eigenvalue weighted by molar-refractivity contribution is 8.23. The molecule has 0 bridgehead atoms. The SMILES string of the molecule is Nc1cc(N)nc(NN2C(=O)CSC2=S)n1. The van der Waals surface area contributed by atoms with Crippen LogP contribution in [-0.2, 0) is 4.79 Å². The number of hydrogen-bond acceptors (Lipinski definition) is 8. The fourth-order valence-corrected chi connectivity index (χ4v) is 2.07. The van der Waals surface area contributed by atoms with Gasteiger partial charge < -0.3 is 11.5 Å². The van der Waals surface area contributed by atoms with E-state index >= 15 is 0 Å². The van der Waals surface area contributed by atoms with Crippen LogP contribution in [0.15, 0.2) is 6.07 Å². The van der Waals surface area contributed by atoms with E-state index in [1.54, 1.807) is 0 Å². The number of rotatable bonds is 2. The molecule has 5 N–H and O–H groups in total. The van der Waals surface area contributed by atoms with Crippen molar-refractivity contribution in [3.8, 4) is 0 Å². The summed E-state index contributed by atoms with van der Waals surface area (Å²) in [5.41, 5.74) is 13.6. The molecule has 0 unspecified atom stereocenters. The van der Waals surface area contributed by atoms with Gasteiger partial charge in [0.05, 0.1) is 5.75 Å². The number of hydrogen-bond donors (Lipinski definition) is 3. The van der Waals surface area contributed by atoms with Crippen molar-refractivity contribution in [2.24, 2.45) is 0 Å². The van der Waals surface area contributed by atoms with Crippen LogP contribution in [0.5, 0.6) is 0 Å². The Morgan fingerprint density at radius 3 is 2.56 bits per heavy atom. The summed E-state index contributed by atoms with van der Waals surface area (Å²) in [4.78, 5) is 19.2. The van der Waals surface area contributed by atoms with Crippen LogP contribution >= 0.6 is 24.0 Å². The quantitative estimate of drug-likeness (QED) is 0.625. The maximum atomic E-state index is 11.4. The number of carbonyl (C=O) groups is 1. The summed E-state index contributed by atoms with van der Waals surface area (Å²) < 4.78 is 0.426. The van der Waals surface area contributed by atoms with Crippen molar-refractivity contribution in [1.82, 2.24) is 15.0 Å². The number of nitrogens with two attached hydrogens (primary N) is 2. The Bertz CT molecular complexity index is 428. The van der Waals surface area contributed by atoms with Gasteiger partial charge in [0.2, 0.25) is 5.95 Å². The minimum absolute atomic E-state index is 0.149. The van der Waals surface area contributed by atoms with Crippen molar-refractivity contribution in [3.05, 3.63) is 6.07 Å². The lowest BCUT2D eigenvalue weighted by Gasteiger charge is -2.15. The molecule has 1 aliphatic heterocycles. The van der Waals surface area contributed by atoms with Crippen molar-refractivity contribution >= 4 is 51.8 Å². The van der Waals surface area contributed by atoms with Crippen LogP contribution in [0.25, 0.3) is 0 Å². The predicted octanol–water partition coefficient (Wildman–Crippen LogP) is -0.172. The number of aromatic nitrogens is 2. The molecule has 0 spiro atoms. The lowest BCUT2D eigenvalue weighted by atomic mass is 10.5. The molecule has 0 radical (unpaired) electrons. The van der Waals surface area contributed by atoms with Crippen molar-refractivity contribution in [3.63, 3.8) is 0 Å². The number of nitrogens with one attached hydrogen (secondary N) is 1. The van der Waals surface area contributed by atoms with Crippen LogP contribution in [0, 0.1) is 0 Å². The van der Waals surface area contributed by atoms with E-state index in [4.69, 9.17) is 23.7 Å². The molecule has 9 heteroatoms. The highest BCUT2D eigenvalue weighted by Crippen LogP contribution is 2.20. The average Bonchev–Trinajstić information content (AvgIpc) is 2.48. The molecule has 1 saturated heterocycles. The van der Waals surface area contributed by atoms with E-state index in [0.29, 0.717) is 10.1 Å². The van der Waals surface area contributed by atoms with Gasteiger partial charge in [0.15, 0.2) is 4.32 Å². The third-order valence-corrected chi connectivity index (χ3v) is 3.09. The third kappa shape index (κ3) is 2.14. The average molecular weight is 256 g/mol. The van der Waals surface area contributed by atoms with Crippen LogP contribution in [0.1, 0.15) is 0 Å². The second kappa shape index (κ2) is 4.10. The Balaban J connectivity index is 2.20. The summed E-state index contributed by atoms with van der Waals surface area (Å²) >= 11 is 6.24. The van der Waals surface area contributed by atoms with E-state index in [2.05, 4.69) is 15.4 Å². The van der Waals surface area contributed by atoms with Crippen LogP contribution in [-0.4, -0.2) is 31.0 Å². The molecule has 0 saturated carbocycles. The van der Waals surface area contributed by atoms with Crippen LogP contribution in [0.4, 0.5) is 17.6 Å². The first-order valence-electron chi connectivity index (χ1n) is 4.22. The maximum absolute atomic E-state index is 11.4. The first-order valence-corrected chi connectivity index (χ1v) is 5.62. The number of nitrogen functional groups attached to an aromatic ring is 2. The predicted molar refractivity (Wildman–Crippen MR) is 66.4 cm³/mol. The van der Waals surface area contributed by atoms with E-state index in [1.807, 2.05) is 0 Å². The lowest BCUT2D eigenvalue weighted by Crippen LogP contribution is -2.35. The van der Waals surface area contributed by atoms with E-state index < -0.39 is 0 Å². The molecule has 1 aromatic heterocycles. The Kier molecular flexibility index (Phi) is 2.79. The molecule has 7 nitrogen and oxygen atoms in total. The van der Waals surface area contributed by atoms with Gasteiger partial charge in [-0.2, -0.15) is 9.97 Å². The van der Waals surface area contributed by atoms with E-state index in [0.717, 1.165) is 0 Å². The summed E-state index contributed by atoms with van der Waals surface area (Å²) in [6, 6.07) is 1.42. The lowest BCUT2D eigenvalue weighted by molar-refractivity contribution is -0.123. The molecular formula is C7H8N6OS2. The highest BCUT2D eigenvalue weighted by Gasteiger charge is 2.27. The third-order valence-electron chi connectivity index (χ3n) is 1.73. The fraction of sp³-hybridized carbons (Fsp3) is 0.143. The van der Waals surface area contributed by atoms with Gasteiger partial charge in [0.1, 0.15) is 11.6 Å². The first kappa shape index (κ1) is 10.9. The van der Waals surface area contributed by atoms with Crippen LogP contribution < -0.4 is 16.9 Å². The molecule has 0 aromatic carbocycles. The van der Waals surface area contributed by atoms with Gasteiger partial charge in [-0.15, -0.1) is 0 Å². The van der Waals surface area contributed by atoms with Gasteiger partial charge in [0.25, 0.3) is 5.91 Å². The zero-order valence-electron chi connectivity index (χ0n) is 8.01. The molecule has 0 aliphatic carbocycles. The minimum atomic E-state index is -0.153. The van der Waals surface area contributed by atoms with E-state index in [9.17, 15) is 4.79 Å². The number of carbonyl (C=O) groups excluding carboxylic acids is 1. The second-order valence-electron chi connectivity index (χ2n) is 2.94. The molecule has 2 heterocycles. The highest BCUT2D eigenvalue weighted by atomic mass is 32.2. The Morgan fingerprint density at radius 1 is 1.44 bits per heavy atom. The largest absolute Gasteiger partial charge is 0.383 e. The summed E-state index contributed by atoms with van der Waals surface area (Å²) in [7, 11) is 0.